The van der Waals surface area contributed by atoms with Gasteiger partial charge in [0.05, 0.1) is 21.8 Å². The molecule has 0 atom stereocenters. The van der Waals surface area contributed by atoms with E-state index in [1.165, 1.54) is 31.2 Å². The number of amides is 1. The van der Waals surface area contributed by atoms with E-state index in [0.717, 1.165) is 0 Å². The van der Waals surface area contributed by atoms with Gasteiger partial charge in [-0.15, -0.1) is 0 Å². The topological polar surface area (TPSA) is 70.7 Å². The molecule has 2 heterocycles. The van der Waals surface area contributed by atoms with Crippen LogP contribution in [0.5, 0.6) is 0 Å². The van der Waals surface area contributed by atoms with Crippen molar-refractivity contribution in [3.8, 4) is 11.4 Å². The number of fused-ring (bicyclic) bond motifs is 1. The third-order valence-corrected chi connectivity index (χ3v) is 4.45. The van der Waals surface area contributed by atoms with Crippen molar-refractivity contribution in [1.29, 1.82) is 0 Å². The quantitative estimate of drug-likeness (QED) is 0.429. The van der Waals surface area contributed by atoms with E-state index >= 15 is 0 Å². The highest BCUT2D eigenvalue weighted by molar-refractivity contribution is 6.31. The number of pyridine rings is 1. The number of benzene rings is 1. The number of hydrogen-bond donors (Lipinski definition) is 2. The van der Waals surface area contributed by atoms with Crippen molar-refractivity contribution < 1.29 is 9.18 Å². The highest BCUT2D eigenvalue weighted by Gasteiger charge is 2.16. The predicted molar refractivity (Wildman–Crippen MR) is 125 cm³/mol. The summed E-state index contributed by atoms with van der Waals surface area (Å²) in [7, 11) is 0. The molecule has 2 aromatic heterocycles. The van der Waals surface area contributed by atoms with E-state index in [-0.39, 0.29) is 16.8 Å². The molecule has 3 aromatic rings. The minimum atomic E-state index is -0.380. The molecule has 162 valence electrons. The van der Waals surface area contributed by atoms with Gasteiger partial charge in [-0.3, -0.25) is 4.79 Å². The number of hydrogen-bond acceptors (Lipinski definition) is 3. The molecule has 0 spiro atoms. The zero-order valence-corrected chi connectivity index (χ0v) is 18.6. The molecule has 7 heteroatoms. The third-order valence-electron chi connectivity index (χ3n) is 4.25. The maximum Gasteiger partial charge on any atom is 0.258 e. The Morgan fingerprint density at radius 1 is 1.23 bits per heavy atom. The Bertz CT molecular complexity index is 1100. The van der Waals surface area contributed by atoms with Crippen LogP contribution in [0.2, 0.25) is 0 Å². The summed E-state index contributed by atoms with van der Waals surface area (Å²) in [6, 6.07) is 7.46. The smallest absolute Gasteiger partial charge is 0.258 e. The van der Waals surface area contributed by atoms with Crippen LogP contribution in [0.25, 0.3) is 22.6 Å². The number of allylic oxidation sites excluding steroid dienone is 4. The summed E-state index contributed by atoms with van der Waals surface area (Å²) in [6.45, 7) is 9.86. The SMILES string of the molecule is C=C(Cl)/C(=C\C=C/C)NC(=O)c1ccnc2nc(-c3ccc(F)cc3)[nH]c12.CCCC. The van der Waals surface area contributed by atoms with Gasteiger partial charge in [-0.25, -0.2) is 14.4 Å². The standard InChI is InChI=1S/C20H16ClFN4O.C4H10/c1-3-4-5-16(12(2)21)24-20(27)15-10-11-23-19-17(15)25-18(26-19)13-6-8-14(22)9-7-13;1-3-4-2/h3-11H,2H2,1H3,(H,24,27)(H,23,25,26);3-4H2,1-2H3/b4-3-,16-5+;. The minimum Gasteiger partial charge on any atom is -0.336 e. The molecule has 0 bridgehead atoms. The molecular weight excluding hydrogens is 415 g/mol. The van der Waals surface area contributed by atoms with Crippen LogP contribution in [0.4, 0.5) is 4.39 Å². The molecule has 0 radical (unpaired) electrons. The van der Waals surface area contributed by atoms with Crippen molar-refractivity contribution in [3.63, 3.8) is 0 Å². The van der Waals surface area contributed by atoms with Gasteiger partial charge in [-0.2, -0.15) is 0 Å². The van der Waals surface area contributed by atoms with Crippen LogP contribution in [-0.2, 0) is 0 Å². The first-order chi connectivity index (χ1) is 14.9. The van der Waals surface area contributed by atoms with Crippen molar-refractivity contribution in [3.05, 3.63) is 83.4 Å². The fourth-order valence-corrected chi connectivity index (χ4v) is 2.54. The molecule has 5 nitrogen and oxygen atoms in total. The van der Waals surface area contributed by atoms with Crippen LogP contribution >= 0.6 is 11.6 Å². The van der Waals surface area contributed by atoms with E-state index in [1.807, 2.05) is 6.92 Å². The van der Waals surface area contributed by atoms with Gasteiger partial charge in [0.2, 0.25) is 0 Å². The number of unbranched alkanes of at least 4 members (excludes halogenated alkanes) is 1. The van der Waals surface area contributed by atoms with Crippen molar-refractivity contribution in [1.82, 2.24) is 20.3 Å². The molecule has 0 fully saturated rings. The van der Waals surface area contributed by atoms with Crippen LogP contribution < -0.4 is 5.32 Å². The zero-order valence-electron chi connectivity index (χ0n) is 17.9. The van der Waals surface area contributed by atoms with Crippen molar-refractivity contribution in [2.24, 2.45) is 0 Å². The van der Waals surface area contributed by atoms with E-state index in [2.05, 4.69) is 40.7 Å². The number of nitrogens with zero attached hydrogens (tertiary/aromatic N) is 2. The molecule has 2 N–H and O–H groups in total. The second kappa shape index (κ2) is 11.8. The third kappa shape index (κ3) is 6.62. The summed E-state index contributed by atoms with van der Waals surface area (Å²) in [5.41, 5.74) is 2.28. The number of rotatable bonds is 6. The maximum atomic E-state index is 13.1. The van der Waals surface area contributed by atoms with Crippen LogP contribution in [0, 0.1) is 5.82 Å². The lowest BCUT2D eigenvalue weighted by atomic mass is 10.2. The van der Waals surface area contributed by atoms with Gasteiger partial charge >= 0.3 is 0 Å². The van der Waals surface area contributed by atoms with Gasteiger partial charge < -0.3 is 10.3 Å². The van der Waals surface area contributed by atoms with Crippen LogP contribution in [0.1, 0.15) is 44.0 Å². The van der Waals surface area contributed by atoms with Crippen LogP contribution in [-0.4, -0.2) is 20.9 Å². The highest BCUT2D eigenvalue weighted by Crippen LogP contribution is 2.22. The van der Waals surface area contributed by atoms with Crippen molar-refractivity contribution >= 4 is 28.7 Å². The van der Waals surface area contributed by atoms with Gasteiger partial charge in [0, 0.05) is 11.8 Å². The number of aromatic nitrogens is 3. The molecule has 0 saturated carbocycles. The highest BCUT2D eigenvalue weighted by atomic mass is 35.5. The molecule has 3 rings (SSSR count). The fourth-order valence-electron chi connectivity index (χ4n) is 2.43. The van der Waals surface area contributed by atoms with E-state index in [0.29, 0.717) is 33.8 Å². The Hall–Kier alpha value is -3.25. The fraction of sp³-hybridized carbons (Fsp3) is 0.208. The summed E-state index contributed by atoms with van der Waals surface area (Å²) in [5.74, 6) is -0.228. The number of aromatic amines is 1. The molecule has 0 aliphatic carbocycles. The minimum absolute atomic E-state index is 0.211. The normalized spacial score (nSPS) is 11.3. The van der Waals surface area contributed by atoms with E-state index < -0.39 is 0 Å². The first kappa shape index (κ1) is 24.0. The summed E-state index contributed by atoms with van der Waals surface area (Å²) < 4.78 is 13.1. The van der Waals surface area contributed by atoms with E-state index in [4.69, 9.17) is 11.6 Å². The summed E-state index contributed by atoms with van der Waals surface area (Å²) in [5, 5.41) is 2.94. The number of imidazole rings is 1. The Kier molecular flexibility index (Phi) is 9.15. The van der Waals surface area contributed by atoms with E-state index in [1.54, 1.807) is 36.4 Å². The lowest BCUT2D eigenvalue weighted by molar-refractivity contribution is 0.0968. The largest absolute Gasteiger partial charge is 0.336 e. The Morgan fingerprint density at radius 2 is 1.90 bits per heavy atom. The molecule has 0 aliphatic rings. The monoisotopic (exact) mass is 440 g/mol. The van der Waals surface area contributed by atoms with Crippen LogP contribution in [0.3, 0.4) is 0 Å². The number of halogens is 2. The number of carbonyl (C=O) groups is 1. The van der Waals surface area contributed by atoms with Gasteiger partial charge in [0.25, 0.3) is 5.91 Å². The second-order valence-electron chi connectivity index (χ2n) is 6.61. The Morgan fingerprint density at radius 3 is 2.48 bits per heavy atom. The first-order valence-electron chi connectivity index (χ1n) is 10.0. The molecule has 0 saturated heterocycles. The first-order valence-corrected chi connectivity index (χ1v) is 10.4. The number of H-pyrrole nitrogens is 1. The molecule has 0 aliphatic heterocycles. The van der Waals surface area contributed by atoms with Crippen molar-refractivity contribution in [2.75, 3.05) is 0 Å². The predicted octanol–water partition coefficient (Wildman–Crippen LogP) is 6.51. The molecular formula is C24H26ClFN4O. The van der Waals surface area contributed by atoms with Gasteiger partial charge in [-0.1, -0.05) is 57.0 Å². The van der Waals surface area contributed by atoms with Crippen molar-refractivity contribution in [2.45, 2.75) is 33.6 Å². The molecule has 1 amide bonds. The van der Waals surface area contributed by atoms with Gasteiger partial charge in [0.15, 0.2) is 5.65 Å². The zero-order chi connectivity index (χ0) is 22.8. The Balaban J connectivity index is 0.000000785. The maximum absolute atomic E-state index is 13.1. The van der Waals surface area contributed by atoms with E-state index in [9.17, 15) is 9.18 Å². The average molecular weight is 441 g/mol. The molecule has 1 aromatic carbocycles. The molecule has 0 unspecified atom stereocenters. The summed E-state index contributed by atoms with van der Waals surface area (Å²) in [4.78, 5) is 24.4. The lowest BCUT2D eigenvalue weighted by Gasteiger charge is -2.08. The molecule has 31 heavy (non-hydrogen) atoms. The summed E-state index contributed by atoms with van der Waals surface area (Å²) >= 11 is 5.95. The lowest BCUT2D eigenvalue weighted by Crippen LogP contribution is -2.23. The van der Waals surface area contributed by atoms with Gasteiger partial charge in [0.1, 0.15) is 11.6 Å². The van der Waals surface area contributed by atoms with Crippen LogP contribution in [0.15, 0.2) is 72.1 Å². The number of nitrogens with one attached hydrogen (secondary N) is 2. The Labute approximate surface area is 186 Å². The number of carbonyl (C=O) groups excluding carboxylic acids is 1. The summed E-state index contributed by atoms with van der Waals surface area (Å²) in [6.07, 6.45) is 9.34. The van der Waals surface area contributed by atoms with Gasteiger partial charge in [-0.05, 0) is 43.3 Å². The second-order valence-corrected chi connectivity index (χ2v) is 7.07. The average Bonchev–Trinajstić information content (AvgIpc) is 3.21.